The molecule has 0 saturated heterocycles. The number of hydrogen-bond acceptors (Lipinski definition) is 8. The number of nitrogens with zero attached hydrogens (tertiary/aromatic N) is 1. The van der Waals surface area contributed by atoms with Crippen LogP contribution in [0.25, 0.3) is 21.3 Å². The number of carbonyl (C=O) groups is 2. The van der Waals surface area contributed by atoms with Gasteiger partial charge < -0.3 is 15.0 Å². The van der Waals surface area contributed by atoms with Crippen LogP contribution in [0.2, 0.25) is 0 Å². The normalized spacial score (nSPS) is 14.9. The molecule has 1 aliphatic carbocycles. The summed E-state index contributed by atoms with van der Waals surface area (Å²) in [6.07, 6.45) is 2.71. The number of thioether (sulfide) groups is 1. The first-order valence-electron chi connectivity index (χ1n) is 12.2. The van der Waals surface area contributed by atoms with Crippen molar-refractivity contribution in [2.45, 2.75) is 45.2 Å². The van der Waals surface area contributed by atoms with Gasteiger partial charge in [0.15, 0.2) is 5.16 Å². The van der Waals surface area contributed by atoms with Crippen molar-refractivity contribution < 1.29 is 14.3 Å². The van der Waals surface area contributed by atoms with E-state index in [1.54, 1.807) is 6.92 Å². The summed E-state index contributed by atoms with van der Waals surface area (Å²) >= 11 is 4.03. The Morgan fingerprint density at radius 2 is 2.05 bits per heavy atom. The van der Waals surface area contributed by atoms with Crippen molar-refractivity contribution in [2.75, 3.05) is 17.7 Å². The van der Waals surface area contributed by atoms with Crippen LogP contribution in [0.4, 0.5) is 5.00 Å². The van der Waals surface area contributed by atoms with Gasteiger partial charge in [0, 0.05) is 15.8 Å². The first-order valence-corrected chi connectivity index (χ1v) is 14.8. The summed E-state index contributed by atoms with van der Waals surface area (Å²) in [5, 5.41) is 6.34. The van der Waals surface area contributed by atoms with Crippen molar-refractivity contribution in [3.8, 4) is 11.1 Å². The van der Waals surface area contributed by atoms with Crippen molar-refractivity contribution in [1.82, 2.24) is 9.97 Å². The minimum atomic E-state index is -0.393. The van der Waals surface area contributed by atoms with Gasteiger partial charge in [-0.2, -0.15) is 0 Å². The molecule has 10 heteroatoms. The van der Waals surface area contributed by atoms with Crippen LogP contribution in [0.1, 0.15) is 46.6 Å². The lowest BCUT2D eigenvalue weighted by molar-refractivity contribution is -0.113. The number of aryl methyl sites for hydroxylation is 1. The van der Waals surface area contributed by atoms with Gasteiger partial charge in [-0.3, -0.25) is 9.59 Å². The Kier molecular flexibility index (Phi) is 7.50. The van der Waals surface area contributed by atoms with Crippen LogP contribution in [0.15, 0.2) is 39.6 Å². The molecule has 1 unspecified atom stereocenters. The Morgan fingerprint density at radius 1 is 1.27 bits per heavy atom. The molecule has 0 radical (unpaired) electrons. The Balaban J connectivity index is 1.32. The zero-order valence-electron chi connectivity index (χ0n) is 20.8. The number of aromatic amines is 1. The van der Waals surface area contributed by atoms with E-state index in [-0.39, 0.29) is 23.8 Å². The van der Waals surface area contributed by atoms with Crippen LogP contribution < -0.4 is 10.9 Å². The molecule has 0 spiro atoms. The highest BCUT2D eigenvalue weighted by molar-refractivity contribution is 7.99. The summed E-state index contributed by atoms with van der Waals surface area (Å²) in [6.45, 7) is 6.27. The van der Waals surface area contributed by atoms with E-state index in [2.05, 4.69) is 22.2 Å². The maximum atomic E-state index is 12.9. The number of esters is 1. The van der Waals surface area contributed by atoms with Gasteiger partial charge in [0.05, 0.1) is 23.3 Å². The van der Waals surface area contributed by atoms with Crippen LogP contribution in [0.3, 0.4) is 0 Å². The molecule has 1 aromatic carbocycles. The number of hydrogen-bond donors (Lipinski definition) is 2. The zero-order chi connectivity index (χ0) is 26.1. The fourth-order valence-corrected chi connectivity index (χ4v) is 7.58. The molecule has 1 amide bonds. The highest BCUT2D eigenvalue weighted by Crippen LogP contribution is 2.40. The Labute approximate surface area is 226 Å². The SMILES string of the molecule is CCOC(=O)c1c(NC(=O)CSc2nc3scc(-c4ccc(C)cc4)c3c(=O)[nH]2)sc2c1CCC(C)C2. The number of amides is 1. The molecule has 192 valence electrons. The molecule has 0 bridgehead atoms. The van der Waals surface area contributed by atoms with Gasteiger partial charge in [0.2, 0.25) is 5.91 Å². The second-order valence-electron chi connectivity index (χ2n) is 9.18. The molecular weight excluding hydrogens is 527 g/mol. The van der Waals surface area contributed by atoms with Crippen LogP contribution >= 0.6 is 34.4 Å². The summed E-state index contributed by atoms with van der Waals surface area (Å²) in [7, 11) is 0. The van der Waals surface area contributed by atoms with E-state index in [1.165, 1.54) is 22.7 Å². The maximum Gasteiger partial charge on any atom is 0.341 e. The first-order chi connectivity index (χ1) is 17.8. The predicted molar refractivity (Wildman–Crippen MR) is 151 cm³/mol. The van der Waals surface area contributed by atoms with E-state index in [0.717, 1.165) is 58.2 Å². The summed E-state index contributed by atoms with van der Waals surface area (Å²) in [4.78, 5) is 47.7. The lowest BCUT2D eigenvalue weighted by atomic mass is 9.88. The highest BCUT2D eigenvalue weighted by atomic mass is 32.2. The number of aromatic nitrogens is 2. The van der Waals surface area contributed by atoms with Crippen molar-refractivity contribution in [3.05, 3.63) is 61.6 Å². The fourth-order valence-electron chi connectivity index (χ4n) is 4.50. The molecule has 0 aliphatic heterocycles. The van der Waals surface area contributed by atoms with Crippen LogP contribution in [0.5, 0.6) is 0 Å². The van der Waals surface area contributed by atoms with E-state index in [0.29, 0.717) is 31.9 Å². The van der Waals surface area contributed by atoms with E-state index in [4.69, 9.17) is 4.74 Å². The van der Waals surface area contributed by atoms with Crippen LogP contribution in [0, 0.1) is 12.8 Å². The predicted octanol–water partition coefficient (Wildman–Crippen LogP) is 6.05. The molecule has 3 aromatic heterocycles. The van der Waals surface area contributed by atoms with Crippen molar-refractivity contribution >= 4 is 61.5 Å². The van der Waals surface area contributed by atoms with Crippen LogP contribution in [-0.2, 0) is 22.4 Å². The Morgan fingerprint density at radius 3 is 2.81 bits per heavy atom. The minimum Gasteiger partial charge on any atom is -0.462 e. The average molecular weight is 554 g/mol. The number of nitrogens with one attached hydrogen (secondary N) is 2. The monoisotopic (exact) mass is 553 g/mol. The summed E-state index contributed by atoms with van der Waals surface area (Å²) in [5.41, 5.74) is 4.23. The van der Waals surface area contributed by atoms with Gasteiger partial charge in [-0.1, -0.05) is 48.5 Å². The summed E-state index contributed by atoms with van der Waals surface area (Å²) in [6, 6.07) is 8.02. The molecule has 0 saturated carbocycles. The molecule has 2 N–H and O–H groups in total. The van der Waals surface area contributed by atoms with Gasteiger partial charge in [-0.15, -0.1) is 22.7 Å². The smallest absolute Gasteiger partial charge is 0.341 e. The topological polar surface area (TPSA) is 101 Å². The third kappa shape index (κ3) is 5.37. The molecule has 1 atom stereocenters. The molecule has 1 aliphatic rings. The number of rotatable bonds is 7. The van der Waals surface area contributed by atoms with Crippen molar-refractivity contribution in [1.29, 1.82) is 0 Å². The molecule has 4 aromatic rings. The van der Waals surface area contributed by atoms with E-state index in [9.17, 15) is 14.4 Å². The van der Waals surface area contributed by atoms with Crippen molar-refractivity contribution in [3.63, 3.8) is 0 Å². The number of benzene rings is 1. The fraction of sp³-hybridized carbons (Fsp3) is 0.333. The van der Waals surface area contributed by atoms with E-state index >= 15 is 0 Å². The molecule has 3 heterocycles. The highest BCUT2D eigenvalue weighted by Gasteiger charge is 2.29. The minimum absolute atomic E-state index is 0.0475. The lowest BCUT2D eigenvalue weighted by Gasteiger charge is -2.18. The molecular formula is C27H27N3O4S3. The number of carbonyl (C=O) groups excluding carboxylic acids is 2. The van der Waals surface area contributed by atoms with E-state index in [1.807, 2.05) is 36.6 Å². The van der Waals surface area contributed by atoms with Gasteiger partial charge in [0.25, 0.3) is 5.56 Å². The van der Waals surface area contributed by atoms with Gasteiger partial charge >= 0.3 is 5.97 Å². The Hall–Kier alpha value is -2.95. The Bertz CT molecular complexity index is 1540. The molecule has 0 fully saturated rings. The zero-order valence-corrected chi connectivity index (χ0v) is 23.3. The van der Waals surface area contributed by atoms with Gasteiger partial charge in [-0.25, -0.2) is 9.78 Å². The summed E-state index contributed by atoms with van der Waals surface area (Å²) < 4.78 is 5.29. The number of anilines is 1. The average Bonchev–Trinajstić information content (AvgIpc) is 3.44. The van der Waals surface area contributed by atoms with E-state index < -0.39 is 5.97 Å². The number of H-pyrrole nitrogens is 1. The second kappa shape index (κ2) is 10.8. The lowest BCUT2D eigenvalue weighted by Crippen LogP contribution is -2.18. The number of ether oxygens (including phenoxy) is 1. The van der Waals surface area contributed by atoms with Crippen LogP contribution in [-0.4, -0.2) is 34.2 Å². The maximum absolute atomic E-state index is 12.9. The molecule has 7 nitrogen and oxygen atoms in total. The number of thiophene rings is 2. The largest absolute Gasteiger partial charge is 0.462 e. The quantitative estimate of drug-likeness (QED) is 0.164. The first kappa shape index (κ1) is 25.7. The number of fused-ring (bicyclic) bond motifs is 2. The molecule has 5 rings (SSSR count). The summed E-state index contributed by atoms with van der Waals surface area (Å²) in [5.74, 6) is -0.0688. The third-order valence-electron chi connectivity index (χ3n) is 6.37. The standard InChI is InChI=1S/C27H27N3O4S3/c1-4-34-26(33)22-17-10-7-15(3)11-19(17)37-25(22)28-20(31)13-36-27-29-23(32)21-18(12-35-24(21)30-27)16-8-5-14(2)6-9-16/h5-6,8-9,12,15H,4,7,10-11,13H2,1-3H3,(H,28,31)(H,29,30,32). The third-order valence-corrected chi connectivity index (χ3v) is 9.28. The van der Waals surface area contributed by atoms with Crippen molar-refractivity contribution in [2.24, 2.45) is 5.92 Å². The molecule has 37 heavy (non-hydrogen) atoms. The van der Waals surface area contributed by atoms with Gasteiger partial charge in [-0.05, 0) is 50.2 Å². The van der Waals surface area contributed by atoms with Gasteiger partial charge in [0.1, 0.15) is 9.83 Å². The second-order valence-corrected chi connectivity index (χ2v) is 12.1.